The van der Waals surface area contributed by atoms with Crippen molar-refractivity contribution >= 4 is 18.0 Å². The molecule has 1 aliphatic carbocycles. The Morgan fingerprint density at radius 3 is 2.09 bits per heavy atom. The van der Waals surface area contributed by atoms with Gasteiger partial charge in [0.25, 0.3) is 0 Å². The highest BCUT2D eigenvalue weighted by atomic mass is 16.5. The number of carbonyl (C=O) groups excluding carboxylic acids is 2. The fourth-order valence-corrected chi connectivity index (χ4v) is 4.23. The lowest BCUT2D eigenvalue weighted by molar-refractivity contribution is -0.146. The third-order valence-electron chi connectivity index (χ3n) is 6.18. The number of rotatable bonds is 11. The largest absolute Gasteiger partial charge is 0.480 e. The van der Waals surface area contributed by atoms with E-state index < -0.39 is 36.7 Å². The summed E-state index contributed by atoms with van der Waals surface area (Å²) in [5, 5.41) is 11.9. The number of hydrogen-bond donors (Lipinski definition) is 2. The molecule has 0 fully saturated rings. The summed E-state index contributed by atoms with van der Waals surface area (Å²) in [7, 11) is 5.08. The molecule has 2 atom stereocenters. The number of methoxy groups -OCH3 is 1. The van der Waals surface area contributed by atoms with Crippen molar-refractivity contribution in [2.75, 3.05) is 47.4 Å². The van der Waals surface area contributed by atoms with E-state index in [-0.39, 0.29) is 19.1 Å². The van der Waals surface area contributed by atoms with Gasteiger partial charge in [-0.2, -0.15) is 0 Å². The SMILES string of the molecule is COC(C)C(NC(=O)OCC1c2ccccc2-c2ccccc21)C(=O)N(CCN(C)C)CC(=O)O. The first kappa shape index (κ1) is 26.2. The Balaban J connectivity index is 1.71. The van der Waals surface area contributed by atoms with Gasteiger partial charge in [-0.15, -0.1) is 0 Å². The predicted octanol–water partition coefficient (Wildman–Crippen LogP) is 2.40. The number of aliphatic carboxylic acids is 1. The second-order valence-corrected chi connectivity index (χ2v) is 8.85. The van der Waals surface area contributed by atoms with Gasteiger partial charge in [-0.25, -0.2) is 4.79 Å². The van der Waals surface area contributed by atoms with Crippen molar-refractivity contribution in [3.05, 3.63) is 59.7 Å². The van der Waals surface area contributed by atoms with Crippen molar-refractivity contribution in [3.8, 4) is 11.1 Å². The third-order valence-corrected chi connectivity index (χ3v) is 6.18. The second-order valence-electron chi connectivity index (χ2n) is 8.85. The van der Waals surface area contributed by atoms with E-state index >= 15 is 0 Å². The van der Waals surface area contributed by atoms with E-state index in [1.165, 1.54) is 12.0 Å². The maximum absolute atomic E-state index is 13.2. The topological polar surface area (TPSA) is 108 Å². The molecule has 0 aliphatic heterocycles. The van der Waals surface area contributed by atoms with Gasteiger partial charge in [0.05, 0.1) is 6.10 Å². The number of alkyl carbamates (subject to hydrolysis) is 1. The van der Waals surface area contributed by atoms with Crippen LogP contribution in [0.1, 0.15) is 24.0 Å². The third kappa shape index (κ3) is 6.37. The van der Waals surface area contributed by atoms with Crippen LogP contribution in [0.25, 0.3) is 11.1 Å². The van der Waals surface area contributed by atoms with Crippen molar-refractivity contribution in [2.24, 2.45) is 0 Å². The number of nitrogens with one attached hydrogen (secondary N) is 1. The molecule has 0 heterocycles. The van der Waals surface area contributed by atoms with Gasteiger partial charge in [0.1, 0.15) is 19.2 Å². The fourth-order valence-electron chi connectivity index (χ4n) is 4.23. The molecule has 2 aromatic rings. The highest BCUT2D eigenvalue weighted by Crippen LogP contribution is 2.44. The number of ether oxygens (including phenoxy) is 2. The first-order valence-electron chi connectivity index (χ1n) is 11.5. The monoisotopic (exact) mass is 483 g/mol. The summed E-state index contributed by atoms with van der Waals surface area (Å²) in [6.45, 7) is 1.92. The number of benzene rings is 2. The Hall–Kier alpha value is -3.43. The van der Waals surface area contributed by atoms with E-state index in [1.54, 1.807) is 6.92 Å². The summed E-state index contributed by atoms with van der Waals surface area (Å²) < 4.78 is 10.9. The number of fused-ring (bicyclic) bond motifs is 3. The molecule has 0 saturated carbocycles. The van der Waals surface area contributed by atoms with E-state index in [2.05, 4.69) is 5.32 Å². The summed E-state index contributed by atoms with van der Waals surface area (Å²) >= 11 is 0. The quantitative estimate of drug-likeness (QED) is 0.505. The number of nitrogens with zero attached hydrogens (tertiary/aromatic N) is 2. The van der Waals surface area contributed by atoms with Gasteiger partial charge in [0.2, 0.25) is 5.91 Å². The minimum Gasteiger partial charge on any atom is -0.480 e. The molecule has 188 valence electrons. The van der Waals surface area contributed by atoms with Crippen molar-refractivity contribution in [1.29, 1.82) is 0 Å². The van der Waals surface area contributed by atoms with Crippen LogP contribution < -0.4 is 5.32 Å². The highest BCUT2D eigenvalue weighted by Gasteiger charge is 2.33. The van der Waals surface area contributed by atoms with Crippen molar-refractivity contribution < 1.29 is 29.0 Å². The summed E-state index contributed by atoms with van der Waals surface area (Å²) in [6, 6.07) is 14.9. The number of carbonyl (C=O) groups is 3. The van der Waals surface area contributed by atoms with Gasteiger partial charge in [-0.05, 0) is 43.3 Å². The van der Waals surface area contributed by atoms with Gasteiger partial charge in [0, 0.05) is 26.1 Å². The maximum Gasteiger partial charge on any atom is 0.407 e. The van der Waals surface area contributed by atoms with Gasteiger partial charge < -0.3 is 29.7 Å². The van der Waals surface area contributed by atoms with Crippen LogP contribution in [-0.4, -0.2) is 92.5 Å². The molecule has 0 spiro atoms. The molecule has 2 N–H and O–H groups in total. The zero-order valence-corrected chi connectivity index (χ0v) is 20.6. The summed E-state index contributed by atoms with van der Waals surface area (Å²) in [6.07, 6.45) is -1.46. The lowest BCUT2D eigenvalue weighted by atomic mass is 9.98. The molecule has 0 bridgehead atoms. The minimum atomic E-state index is -1.14. The van der Waals surface area contributed by atoms with E-state index in [0.29, 0.717) is 6.54 Å². The Bertz CT molecular complexity index is 1010. The van der Waals surface area contributed by atoms with Crippen molar-refractivity contribution in [3.63, 3.8) is 0 Å². The van der Waals surface area contributed by atoms with Crippen LogP contribution in [0.4, 0.5) is 4.79 Å². The molecule has 0 radical (unpaired) electrons. The molecule has 9 heteroatoms. The standard InChI is InChI=1S/C26H33N3O6/c1-17(34-4)24(25(32)29(15-23(30)31)14-13-28(2)3)27-26(33)35-16-22-20-11-7-5-9-18(20)19-10-6-8-12-21(19)22/h5-12,17,22,24H,13-16H2,1-4H3,(H,27,33)(H,30,31). The molecule has 35 heavy (non-hydrogen) atoms. The molecule has 2 unspecified atom stereocenters. The van der Waals surface area contributed by atoms with Gasteiger partial charge in [-0.1, -0.05) is 48.5 Å². The zero-order chi connectivity index (χ0) is 25.5. The average Bonchev–Trinajstić information content (AvgIpc) is 3.16. The molecular formula is C26H33N3O6. The van der Waals surface area contributed by atoms with Crippen molar-refractivity contribution in [2.45, 2.75) is 25.0 Å². The maximum atomic E-state index is 13.2. The molecular weight excluding hydrogens is 450 g/mol. The summed E-state index contributed by atoms with van der Waals surface area (Å²) in [4.78, 5) is 40.4. The molecule has 9 nitrogen and oxygen atoms in total. The Morgan fingerprint density at radius 1 is 1.00 bits per heavy atom. The zero-order valence-electron chi connectivity index (χ0n) is 20.6. The molecule has 2 aromatic carbocycles. The Labute approximate surface area is 205 Å². The van der Waals surface area contributed by atoms with E-state index in [0.717, 1.165) is 22.3 Å². The molecule has 2 amide bonds. The highest BCUT2D eigenvalue weighted by molar-refractivity contribution is 5.88. The normalized spacial score (nSPS) is 14.1. The smallest absolute Gasteiger partial charge is 0.407 e. The number of amides is 2. The number of carboxylic acids is 1. The lowest BCUT2D eigenvalue weighted by Gasteiger charge is -2.30. The number of likely N-dealkylation sites (N-methyl/N-ethyl adjacent to an activating group) is 1. The van der Waals surface area contributed by atoms with Crippen LogP contribution in [0.15, 0.2) is 48.5 Å². The van der Waals surface area contributed by atoms with E-state index in [9.17, 15) is 19.5 Å². The first-order valence-corrected chi connectivity index (χ1v) is 11.5. The first-order chi connectivity index (χ1) is 16.7. The second kappa shape index (κ2) is 11.8. The molecule has 3 rings (SSSR count). The Kier molecular flexibility index (Phi) is 8.84. The van der Waals surface area contributed by atoms with Crippen LogP contribution in [0.5, 0.6) is 0 Å². The molecule has 0 aromatic heterocycles. The van der Waals surface area contributed by atoms with E-state index in [1.807, 2.05) is 67.5 Å². The van der Waals surface area contributed by atoms with Gasteiger partial charge >= 0.3 is 12.1 Å². The van der Waals surface area contributed by atoms with Gasteiger partial charge in [-0.3, -0.25) is 9.59 Å². The summed E-state index contributed by atoms with van der Waals surface area (Å²) in [5.74, 6) is -1.80. The Morgan fingerprint density at radius 2 is 1.57 bits per heavy atom. The van der Waals surface area contributed by atoms with Crippen LogP contribution >= 0.6 is 0 Å². The van der Waals surface area contributed by atoms with Gasteiger partial charge in [0.15, 0.2) is 0 Å². The van der Waals surface area contributed by atoms with Crippen LogP contribution in [0.3, 0.4) is 0 Å². The molecule has 0 saturated heterocycles. The lowest BCUT2D eigenvalue weighted by Crippen LogP contribution is -2.56. The minimum absolute atomic E-state index is 0.0988. The van der Waals surface area contributed by atoms with Crippen LogP contribution in [0.2, 0.25) is 0 Å². The summed E-state index contributed by atoms with van der Waals surface area (Å²) in [5.41, 5.74) is 4.39. The predicted molar refractivity (Wildman–Crippen MR) is 131 cm³/mol. The average molecular weight is 484 g/mol. The number of carboxylic acid groups (broad SMARTS) is 1. The fraction of sp³-hybridized carbons (Fsp3) is 0.423. The van der Waals surface area contributed by atoms with E-state index in [4.69, 9.17) is 9.47 Å². The van der Waals surface area contributed by atoms with Crippen LogP contribution in [-0.2, 0) is 19.1 Å². The van der Waals surface area contributed by atoms with Crippen LogP contribution in [0, 0.1) is 0 Å². The number of hydrogen-bond acceptors (Lipinski definition) is 6. The van der Waals surface area contributed by atoms with Crippen molar-refractivity contribution in [1.82, 2.24) is 15.1 Å². The molecule has 1 aliphatic rings.